The van der Waals surface area contributed by atoms with Crippen LogP contribution >= 0.6 is 11.3 Å². The van der Waals surface area contributed by atoms with Crippen molar-refractivity contribution in [1.82, 2.24) is 15.1 Å². The van der Waals surface area contributed by atoms with E-state index in [0.29, 0.717) is 23.7 Å². The number of carbonyl (C=O) groups is 1. The molecular weight excluding hydrogens is 338 g/mol. The topological polar surface area (TPSA) is 92.4 Å². The molecule has 2 aromatic rings. The predicted octanol–water partition coefficient (Wildman–Crippen LogP) is 1.40. The van der Waals surface area contributed by atoms with Gasteiger partial charge in [0.1, 0.15) is 4.90 Å². The Labute approximate surface area is 138 Å². The number of morpholine rings is 1. The zero-order valence-corrected chi connectivity index (χ0v) is 14.4. The van der Waals surface area contributed by atoms with E-state index in [-0.39, 0.29) is 17.4 Å². The Bertz CT molecular complexity index is 825. The van der Waals surface area contributed by atoms with Crippen LogP contribution < -0.4 is 0 Å². The van der Waals surface area contributed by atoms with Gasteiger partial charge in [0.2, 0.25) is 0 Å². The van der Waals surface area contributed by atoms with Crippen molar-refractivity contribution in [2.75, 3.05) is 26.0 Å². The molecule has 124 valence electrons. The first-order valence-corrected chi connectivity index (χ1v) is 9.83. The molecule has 1 atom stereocenters. The maximum atomic E-state index is 12.8. The number of amides is 1. The number of nitrogens with zero attached hydrogens (tertiary/aromatic N) is 2. The lowest BCUT2D eigenvalue weighted by molar-refractivity contribution is -0.00445. The zero-order valence-electron chi connectivity index (χ0n) is 12.8. The number of ether oxygens (including phenoxy) is 1. The summed E-state index contributed by atoms with van der Waals surface area (Å²) in [5, 5.41) is 8.44. The lowest BCUT2D eigenvalue weighted by Crippen LogP contribution is -2.43. The van der Waals surface area contributed by atoms with Crippen LogP contribution in [0.5, 0.6) is 0 Å². The normalized spacial score (nSPS) is 19.0. The minimum Gasteiger partial charge on any atom is -0.377 e. The van der Waals surface area contributed by atoms with Crippen LogP contribution in [0.3, 0.4) is 0 Å². The average molecular weight is 355 g/mol. The number of sulfone groups is 1. The number of aromatic nitrogens is 2. The molecular formula is C14H17N3O4S2. The van der Waals surface area contributed by atoms with Crippen molar-refractivity contribution in [3.63, 3.8) is 0 Å². The van der Waals surface area contributed by atoms with Gasteiger partial charge in [-0.05, 0) is 23.9 Å². The maximum absolute atomic E-state index is 12.8. The zero-order chi connectivity index (χ0) is 16.6. The van der Waals surface area contributed by atoms with Gasteiger partial charge in [0.05, 0.1) is 36.0 Å². The summed E-state index contributed by atoms with van der Waals surface area (Å²) in [6.45, 7) is 2.95. The van der Waals surface area contributed by atoms with Gasteiger partial charge in [0.25, 0.3) is 5.91 Å². The fraction of sp³-hybridized carbons (Fsp3) is 0.429. The highest BCUT2D eigenvalue weighted by molar-refractivity contribution is 7.90. The first-order valence-electron chi connectivity index (χ1n) is 7.05. The third-order valence-corrected chi connectivity index (χ3v) is 5.94. The van der Waals surface area contributed by atoms with Crippen molar-refractivity contribution in [3.05, 3.63) is 33.8 Å². The molecule has 0 saturated carbocycles. The number of aryl methyl sites for hydroxylation is 1. The van der Waals surface area contributed by atoms with E-state index in [4.69, 9.17) is 4.74 Å². The highest BCUT2D eigenvalue weighted by atomic mass is 32.2. The lowest BCUT2D eigenvalue weighted by atomic mass is 10.1. The summed E-state index contributed by atoms with van der Waals surface area (Å²) in [4.78, 5) is 15.3. The molecule has 0 bridgehead atoms. The van der Waals surface area contributed by atoms with Gasteiger partial charge in [-0.2, -0.15) is 5.10 Å². The molecule has 7 nitrogen and oxygen atoms in total. The minimum absolute atomic E-state index is 0.105. The molecule has 2 aromatic heterocycles. The van der Waals surface area contributed by atoms with Crippen molar-refractivity contribution in [1.29, 1.82) is 0 Å². The van der Waals surface area contributed by atoms with Crippen molar-refractivity contribution in [2.45, 2.75) is 17.9 Å². The predicted molar refractivity (Wildman–Crippen MR) is 85.4 cm³/mol. The summed E-state index contributed by atoms with van der Waals surface area (Å²) in [6, 6.07) is 1.40. The Morgan fingerprint density at radius 3 is 2.96 bits per heavy atom. The highest BCUT2D eigenvalue weighted by Crippen LogP contribution is 2.30. The quantitative estimate of drug-likeness (QED) is 0.898. The van der Waals surface area contributed by atoms with E-state index < -0.39 is 15.9 Å². The van der Waals surface area contributed by atoms with Crippen LogP contribution in [-0.2, 0) is 14.6 Å². The van der Waals surface area contributed by atoms with Gasteiger partial charge >= 0.3 is 0 Å². The first-order chi connectivity index (χ1) is 10.9. The molecule has 1 fully saturated rings. The van der Waals surface area contributed by atoms with Crippen LogP contribution in [0, 0.1) is 6.92 Å². The standard InChI is InChI=1S/C14H17N3O4S2/c1-9-3-6-22-13(9)14(18)17-4-5-21-8-10(17)12-11(7-15-16-12)23(2,19)20/h3,6-7,10H,4-5,8H2,1-2H3,(H,15,16)/t10-/m1/s1. The molecule has 9 heteroatoms. The van der Waals surface area contributed by atoms with Gasteiger partial charge in [-0.25, -0.2) is 8.42 Å². The summed E-state index contributed by atoms with van der Waals surface area (Å²) in [5.41, 5.74) is 1.31. The Kier molecular flexibility index (Phi) is 4.26. The van der Waals surface area contributed by atoms with Crippen LogP contribution in [-0.4, -0.2) is 55.4 Å². The maximum Gasteiger partial charge on any atom is 0.264 e. The number of hydrogen-bond donors (Lipinski definition) is 1. The van der Waals surface area contributed by atoms with Crippen LogP contribution in [0.15, 0.2) is 22.5 Å². The molecule has 23 heavy (non-hydrogen) atoms. The number of carbonyl (C=O) groups excluding carboxylic acids is 1. The Morgan fingerprint density at radius 2 is 2.30 bits per heavy atom. The van der Waals surface area contributed by atoms with Gasteiger partial charge in [0.15, 0.2) is 9.84 Å². The van der Waals surface area contributed by atoms with Crippen LogP contribution in [0.25, 0.3) is 0 Å². The summed E-state index contributed by atoms with van der Waals surface area (Å²) in [5.74, 6) is -0.111. The number of nitrogens with one attached hydrogen (secondary N) is 1. The average Bonchev–Trinajstić information content (AvgIpc) is 3.14. The molecule has 3 heterocycles. The first kappa shape index (κ1) is 16.2. The van der Waals surface area contributed by atoms with E-state index in [1.165, 1.54) is 17.5 Å². The molecule has 0 radical (unpaired) electrons. The second kappa shape index (κ2) is 6.06. The second-order valence-electron chi connectivity index (χ2n) is 5.44. The largest absolute Gasteiger partial charge is 0.377 e. The molecule has 0 spiro atoms. The number of rotatable bonds is 3. The van der Waals surface area contributed by atoms with Crippen molar-refractivity contribution in [2.24, 2.45) is 0 Å². The molecule has 0 aliphatic carbocycles. The van der Waals surface area contributed by atoms with Crippen LogP contribution in [0.1, 0.15) is 27.0 Å². The number of hydrogen-bond acceptors (Lipinski definition) is 6. The third-order valence-electron chi connectivity index (χ3n) is 3.81. The summed E-state index contributed by atoms with van der Waals surface area (Å²) in [7, 11) is -3.44. The van der Waals surface area contributed by atoms with E-state index in [1.54, 1.807) is 4.90 Å². The smallest absolute Gasteiger partial charge is 0.264 e. The second-order valence-corrected chi connectivity index (χ2v) is 8.34. The third kappa shape index (κ3) is 3.04. The lowest BCUT2D eigenvalue weighted by Gasteiger charge is -2.35. The van der Waals surface area contributed by atoms with Crippen molar-refractivity contribution >= 4 is 27.1 Å². The Hall–Kier alpha value is -1.71. The van der Waals surface area contributed by atoms with Crippen LogP contribution in [0.4, 0.5) is 0 Å². The van der Waals surface area contributed by atoms with Gasteiger partial charge in [-0.15, -0.1) is 11.3 Å². The summed E-state index contributed by atoms with van der Waals surface area (Å²) in [6.07, 6.45) is 2.40. The van der Waals surface area contributed by atoms with Gasteiger partial charge in [0, 0.05) is 12.8 Å². The highest BCUT2D eigenvalue weighted by Gasteiger charge is 2.34. The number of aromatic amines is 1. The minimum atomic E-state index is -3.44. The van der Waals surface area contributed by atoms with Crippen molar-refractivity contribution in [3.8, 4) is 0 Å². The molecule has 1 saturated heterocycles. The molecule has 1 aliphatic rings. The summed E-state index contributed by atoms with van der Waals surface area (Å²) < 4.78 is 29.3. The monoisotopic (exact) mass is 355 g/mol. The molecule has 0 aromatic carbocycles. The van der Waals surface area contributed by atoms with Gasteiger partial charge < -0.3 is 9.64 Å². The molecule has 1 N–H and O–H groups in total. The molecule has 3 rings (SSSR count). The fourth-order valence-electron chi connectivity index (χ4n) is 2.63. The van der Waals surface area contributed by atoms with Crippen LogP contribution in [0.2, 0.25) is 0 Å². The molecule has 1 aliphatic heterocycles. The van der Waals surface area contributed by atoms with Gasteiger partial charge in [-0.3, -0.25) is 9.89 Å². The molecule has 1 amide bonds. The van der Waals surface area contributed by atoms with E-state index >= 15 is 0 Å². The number of H-pyrrole nitrogens is 1. The Morgan fingerprint density at radius 1 is 1.52 bits per heavy atom. The van der Waals surface area contributed by atoms with E-state index in [9.17, 15) is 13.2 Å². The Balaban J connectivity index is 1.99. The van der Waals surface area contributed by atoms with Gasteiger partial charge in [-0.1, -0.05) is 0 Å². The molecule has 0 unspecified atom stereocenters. The van der Waals surface area contributed by atoms with Crippen molar-refractivity contribution < 1.29 is 17.9 Å². The number of thiophene rings is 1. The van der Waals surface area contributed by atoms with E-state index in [2.05, 4.69) is 10.2 Å². The van der Waals surface area contributed by atoms with E-state index in [0.717, 1.165) is 11.8 Å². The van der Waals surface area contributed by atoms with E-state index in [1.807, 2.05) is 18.4 Å². The SMILES string of the molecule is Cc1ccsc1C(=O)N1CCOC[C@@H]1c1[nH]ncc1S(C)(=O)=O. The fourth-order valence-corrected chi connectivity index (χ4v) is 4.33. The summed E-state index contributed by atoms with van der Waals surface area (Å²) >= 11 is 1.38.